The zero-order valence-corrected chi connectivity index (χ0v) is 9.85. The first-order chi connectivity index (χ1) is 9.06. The number of aldehydes is 1. The third-order valence-electron chi connectivity index (χ3n) is 2.20. The third kappa shape index (κ3) is 4.16. The highest BCUT2D eigenvalue weighted by molar-refractivity contribution is 5.90. The Morgan fingerprint density at radius 1 is 0.895 bits per heavy atom. The number of phenols is 2. The molecule has 0 saturated heterocycles. The van der Waals surface area contributed by atoms with Crippen molar-refractivity contribution in [3.8, 4) is 11.5 Å². The average molecular weight is 260 g/mol. The maximum absolute atomic E-state index is 10.3. The maximum atomic E-state index is 10.3. The predicted octanol–water partition coefficient (Wildman–Crippen LogP) is 2.30. The molecule has 0 radical (unpaired) electrons. The van der Waals surface area contributed by atoms with Crippen LogP contribution < -0.4 is 0 Å². The summed E-state index contributed by atoms with van der Waals surface area (Å²) in [6.45, 7) is 0. The van der Waals surface area contributed by atoms with Crippen molar-refractivity contribution in [2.24, 2.45) is 0 Å². The van der Waals surface area contributed by atoms with Gasteiger partial charge in [-0.15, -0.1) is 0 Å². The fourth-order valence-corrected chi connectivity index (χ4v) is 1.24. The predicted molar refractivity (Wildman–Crippen MR) is 68.6 cm³/mol. The van der Waals surface area contributed by atoms with E-state index in [1.807, 2.05) is 0 Å². The summed E-state index contributed by atoms with van der Waals surface area (Å²) in [5.41, 5.74) is 0.264. The Balaban J connectivity index is 0.000000191. The number of phenolic OH excluding ortho intramolecular Hbond substituents is 1. The van der Waals surface area contributed by atoms with Gasteiger partial charge in [0.2, 0.25) is 0 Å². The molecule has 0 fully saturated rings. The molecule has 19 heavy (non-hydrogen) atoms. The highest BCUT2D eigenvalue weighted by atomic mass is 16.4. The molecule has 2 aromatic carbocycles. The van der Waals surface area contributed by atoms with Crippen LogP contribution in [-0.4, -0.2) is 27.6 Å². The van der Waals surface area contributed by atoms with E-state index in [1.165, 1.54) is 18.2 Å². The normalized spacial score (nSPS) is 9.05. The summed E-state index contributed by atoms with van der Waals surface area (Å²) in [7, 11) is 0. The monoisotopic (exact) mass is 260 g/mol. The number of rotatable bonds is 2. The smallest absolute Gasteiger partial charge is 0.339 e. The lowest BCUT2D eigenvalue weighted by molar-refractivity contribution is 0.0693. The Kier molecular flexibility index (Phi) is 5.10. The van der Waals surface area contributed by atoms with Gasteiger partial charge in [-0.2, -0.15) is 0 Å². The summed E-state index contributed by atoms with van der Waals surface area (Å²) in [5, 5.41) is 26.2. The van der Waals surface area contributed by atoms with E-state index in [4.69, 9.17) is 15.3 Å². The van der Waals surface area contributed by atoms with Crippen LogP contribution >= 0.6 is 0 Å². The van der Waals surface area contributed by atoms with Crippen molar-refractivity contribution in [3.63, 3.8) is 0 Å². The van der Waals surface area contributed by atoms with Gasteiger partial charge in [-0.1, -0.05) is 24.3 Å². The van der Waals surface area contributed by atoms with Gasteiger partial charge in [0.05, 0.1) is 5.56 Å². The van der Waals surface area contributed by atoms with Crippen molar-refractivity contribution in [1.82, 2.24) is 0 Å². The molecule has 0 aliphatic heterocycles. The van der Waals surface area contributed by atoms with Crippen LogP contribution in [0.25, 0.3) is 0 Å². The molecule has 0 atom stereocenters. The number of aromatic carboxylic acids is 1. The number of carbonyl (C=O) groups is 2. The molecule has 0 aliphatic carbocycles. The second-order valence-corrected chi connectivity index (χ2v) is 3.50. The van der Waals surface area contributed by atoms with Gasteiger partial charge < -0.3 is 15.3 Å². The van der Waals surface area contributed by atoms with Crippen LogP contribution in [0.3, 0.4) is 0 Å². The van der Waals surface area contributed by atoms with Crippen LogP contribution in [0, 0.1) is 0 Å². The van der Waals surface area contributed by atoms with E-state index in [0.29, 0.717) is 11.8 Å². The minimum atomic E-state index is -1.11. The number of carboxylic acids is 1. The molecule has 3 N–H and O–H groups in total. The minimum absolute atomic E-state index is 0.0347. The van der Waals surface area contributed by atoms with Crippen molar-refractivity contribution < 1.29 is 24.9 Å². The molecule has 0 unspecified atom stereocenters. The van der Waals surface area contributed by atoms with Crippen LogP contribution in [0.15, 0.2) is 48.5 Å². The molecule has 5 heteroatoms. The van der Waals surface area contributed by atoms with E-state index < -0.39 is 5.97 Å². The molecule has 2 rings (SSSR count). The number of benzene rings is 2. The molecule has 98 valence electrons. The molecule has 0 heterocycles. The summed E-state index contributed by atoms with van der Waals surface area (Å²) < 4.78 is 0. The van der Waals surface area contributed by atoms with E-state index in [2.05, 4.69) is 0 Å². The lowest BCUT2D eigenvalue weighted by Gasteiger charge is -1.95. The second kappa shape index (κ2) is 6.80. The van der Waals surface area contributed by atoms with Gasteiger partial charge in [-0.05, 0) is 24.3 Å². The van der Waals surface area contributed by atoms with Crippen molar-refractivity contribution in [2.45, 2.75) is 0 Å². The summed E-state index contributed by atoms with van der Waals surface area (Å²) in [5.74, 6) is -1.28. The van der Waals surface area contributed by atoms with Gasteiger partial charge >= 0.3 is 5.97 Å². The zero-order chi connectivity index (χ0) is 14.3. The number of hydrogen-bond acceptors (Lipinski definition) is 4. The number of carboxylic acid groups (broad SMARTS) is 1. The molecule has 0 aromatic heterocycles. The first-order valence-electron chi connectivity index (χ1n) is 5.30. The Labute approximate surface area is 109 Å². The summed E-state index contributed by atoms with van der Waals surface area (Å²) in [6, 6.07) is 12.2. The molecular formula is C14H12O5. The summed E-state index contributed by atoms with van der Waals surface area (Å²) >= 11 is 0. The molecule has 0 aliphatic rings. The highest BCUT2D eigenvalue weighted by Crippen LogP contribution is 2.14. The van der Waals surface area contributed by atoms with Gasteiger partial charge in [0.1, 0.15) is 17.1 Å². The average Bonchev–Trinajstić information content (AvgIpc) is 2.40. The number of hydrogen-bond donors (Lipinski definition) is 3. The van der Waals surface area contributed by atoms with E-state index in [9.17, 15) is 9.59 Å². The quantitative estimate of drug-likeness (QED) is 0.720. The fourth-order valence-electron chi connectivity index (χ4n) is 1.24. The Morgan fingerprint density at radius 3 is 1.79 bits per heavy atom. The topological polar surface area (TPSA) is 94.8 Å². The van der Waals surface area contributed by atoms with E-state index in [0.717, 1.165) is 0 Å². The van der Waals surface area contributed by atoms with Crippen molar-refractivity contribution in [1.29, 1.82) is 0 Å². The molecule has 0 saturated carbocycles. The van der Waals surface area contributed by atoms with Gasteiger partial charge in [0.15, 0.2) is 6.29 Å². The first kappa shape index (κ1) is 14.2. The largest absolute Gasteiger partial charge is 0.507 e. The standard InChI is InChI=1S/C7H6O3.C7H6O2/c8-6-4-2-1-3-5(6)7(9)10;8-5-6-3-1-2-4-7(6)9/h1-4,8H,(H,9,10);1-5,9H. The Hall–Kier alpha value is -2.82. The Bertz CT molecular complexity index is 578. The number of aromatic hydroxyl groups is 2. The van der Waals surface area contributed by atoms with Gasteiger partial charge in [-0.3, -0.25) is 4.79 Å². The minimum Gasteiger partial charge on any atom is -0.507 e. The molecule has 5 nitrogen and oxygen atoms in total. The van der Waals surface area contributed by atoms with E-state index in [-0.39, 0.29) is 17.1 Å². The molecule has 0 bridgehead atoms. The van der Waals surface area contributed by atoms with Crippen LogP contribution in [-0.2, 0) is 0 Å². The fraction of sp³-hybridized carbons (Fsp3) is 0. The van der Waals surface area contributed by atoms with Crippen molar-refractivity contribution in [3.05, 3.63) is 59.7 Å². The third-order valence-corrected chi connectivity index (χ3v) is 2.20. The highest BCUT2D eigenvalue weighted by Gasteiger charge is 2.05. The van der Waals surface area contributed by atoms with Crippen LogP contribution in [0.2, 0.25) is 0 Å². The second-order valence-electron chi connectivity index (χ2n) is 3.50. The molecule has 0 amide bonds. The lowest BCUT2D eigenvalue weighted by atomic mass is 10.2. The van der Waals surface area contributed by atoms with Crippen LogP contribution in [0.5, 0.6) is 11.5 Å². The van der Waals surface area contributed by atoms with Crippen LogP contribution in [0.1, 0.15) is 20.7 Å². The maximum Gasteiger partial charge on any atom is 0.339 e. The molecule has 0 spiro atoms. The molecular weight excluding hydrogens is 248 g/mol. The Morgan fingerprint density at radius 2 is 1.42 bits per heavy atom. The summed E-state index contributed by atoms with van der Waals surface area (Å²) in [6.07, 6.45) is 0.620. The van der Waals surface area contributed by atoms with E-state index >= 15 is 0 Å². The zero-order valence-electron chi connectivity index (χ0n) is 9.85. The van der Waals surface area contributed by atoms with Crippen molar-refractivity contribution in [2.75, 3.05) is 0 Å². The van der Waals surface area contributed by atoms with Gasteiger partial charge in [0.25, 0.3) is 0 Å². The lowest BCUT2D eigenvalue weighted by Crippen LogP contribution is -1.95. The number of carbonyl (C=O) groups excluding carboxylic acids is 1. The van der Waals surface area contributed by atoms with Gasteiger partial charge in [0, 0.05) is 0 Å². The van der Waals surface area contributed by atoms with Crippen molar-refractivity contribution >= 4 is 12.3 Å². The number of para-hydroxylation sites is 2. The first-order valence-corrected chi connectivity index (χ1v) is 5.30. The molecule has 2 aromatic rings. The SMILES string of the molecule is O=C(O)c1ccccc1O.O=Cc1ccccc1O. The van der Waals surface area contributed by atoms with E-state index in [1.54, 1.807) is 30.3 Å². The summed E-state index contributed by atoms with van der Waals surface area (Å²) in [4.78, 5) is 20.3. The van der Waals surface area contributed by atoms with Crippen LogP contribution in [0.4, 0.5) is 0 Å². The van der Waals surface area contributed by atoms with Gasteiger partial charge in [-0.25, -0.2) is 4.79 Å².